The van der Waals surface area contributed by atoms with Gasteiger partial charge in [0.1, 0.15) is 0 Å². The lowest BCUT2D eigenvalue weighted by molar-refractivity contribution is 0.0977. The highest BCUT2D eigenvalue weighted by Gasteiger charge is 2.11. The van der Waals surface area contributed by atoms with E-state index in [1.54, 1.807) is 12.3 Å². The van der Waals surface area contributed by atoms with Crippen LogP contribution in [-0.2, 0) is 6.54 Å². The fourth-order valence-corrected chi connectivity index (χ4v) is 2.53. The van der Waals surface area contributed by atoms with Crippen molar-refractivity contribution in [2.24, 2.45) is 4.99 Å². The van der Waals surface area contributed by atoms with Gasteiger partial charge in [-0.15, -0.1) is 0 Å². The summed E-state index contributed by atoms with van der Waals surface area (Å²) < 4.78 is 0. The molecule has 1 aromatic heterocycles. The van der Waals surface area contributed by atoms with Crippen molar-refractivity contribution in [2.45, 2.75) is 6.54 Å². The van der Waals surface area contributed by atoms with Crippen LogP contribution in [0.15, 0.2) is 84.0 Å². The van der Waals surface area contributed by atoms with Gasteiger partial charge in [0.15, 0.2) is 0 Å². The standard InChI is InChI=1S/C22H23N5O/c1-27(2)20-13-8-9-17(15-20)21(28)26-22(25-18-10-4-3-5-11-18)24-16-19-12-6-7-14-23-19/h3-15H,16H2,1-2H3,(H2,24,25,26,28). The summed E-state index contributed by atoms with van der Waals surface area (Å²) in [5.41, 5.74) is 3.17. The van der Waals surface area contributed by atoms with Crippen molar-refractivity contribution in [2.75, 3.05) is 24.3 Å². The Morgan fingerprint density at radius 3 is 2.50 bits per heavy atom. The number of amides is 1. The monoisotopic (exact) mass is 373 g/mol. The van der Waals surface area contributed by atoms with Crippen molar-refractivity contribution < 1.29 is 4.79 Å². The molecule has 28 heavy (non-hydrogen) atoms. The SMILES string of the molecule is CN(C)c1cccc(C(=O)NC(=NCc2ccccn2)Nc2ccccc2)c1. The Hall–Kier alpha value is -3.67. The molecule has 6 heteroatoms. The Morgan fingerprint density at radius 1 is 1.00 bits per heavy atom. The minimum atomic E-state index is -0.230. The van der Waals surface area contributed by atoms with Gasteiger partial charge in [-0.25, -0.2) is 4.99 Å². The molecule has 0 bridgehead atoms. The van der Waals surface area contributed by atoms with E-state index in [1.165, 1.54) is 0 Å². The maximum absolute atomic E-state index is 12.8. The molecule has 1 amide bonds. The van der Waals surface area contributed by atoms with Crippen molar-refractivity contribution >= 4 is 23.2 Å². The van der Waals surface area contributed by atoms with Gasteiger partial charge in [0.2, 0.25) is 5.96 Å². The van der Waals surface area contributed by atoms with Crippen LogP contribution in [0, 0.1) is 0 Å². The lowest BCUT2D eigenvalue weighted by Crippen LogP contribution is -2.36. The number of nitrogens with zero attached hydrogens (tertiary/aromatic N) is 3. The average molecular weight is 373 g/mol. The molecule has 0 radical (unpaired) electrons. The summed E-state index contributed by atoms with van der Waals surface area (Å²) in [6.45, 7) is 0.355. The molecule has 142 valence electrons. The summed E-state index contributed by atoms with van der Waals surface area (Å²) in [5.74, 6) is 0.143. The molecule has 2 N–H and O–H groups in total. The number of guanidine groups is 1. The molecule has 0 saturated heterocycles. The molecule has 0 atom stereocenters. The van der Waals surface area contributed by atoms with Gasteiger partial charge in [-0.2, -0.15) is 0 Å². The number of rotatable bonds is 5. The molecule has 6 nitrogen and oxygen atoms in total. The summed E-state index contributed by atoms with van der Waals surface area (Å²) in [5, 5.41) is 6.04. The van der Waals surface area contributed by atoms with Crippen LogP contribution < -0.4 is 15.5 Å². The van der Waals surface area contributed by atoms with Crippen LogP contribution in [0.2, 0.25) is 0 Å². The van der Waals surface area contributed by atoms with Gasteiger partial charge in [0, 0.05) is 37.2 Å². The second kappa shape index (κ2) is 9.32. The van der Waals surface area contributed by atoms with Gasteiger partial charge in [0.05, 0.1) is 12.2 Å². The summed E-state index contributed by atoms with van der Waals surface area (Å²) in [6.07, 6.45) is 1.72. The quantitative estimate of drug-likeness (QED) is 0.530. The molecule has 2 aromatic carbocycles. The maximum atomic E-state index is 12.8. The third kappa shape index (κ3) is 5.41. The number of carbonyl (C=O) groups excluding carboxylic acids is 1. The number of carbonyl (C=O) groups is 1. The Labute approximate surface area is 165 Å². The zero-order chi connectivity index (χ0) is 19.8. The Balaban J connectivity index is 1.79. The Bertz CT molecular complexity index is 939. The van der Waals surface area contributed by atoms with Gasteiger partial charge in [-0.3, -0.25) is 15.1 Å². The number of nitrogens with one attached hydrogen (secondary N) is 2. The molecule has 0 aliphatic carbocycles. The van der Waals surface area contributed by atoms with Gasteiger partial charge in [-0.1, -0.05) is 30.3 Å². The van der Waals surface area contributed by atoms with Crippen LogP contribution in [0.3, 0.4) is 0 Å². The van der Waals surface area contributed by atoms with Crippen molar-refractivity contribution in [1.82, 2.24) is 10.3 Å². The topological polar surface area (TPSA) is 69.6 Å². The second-order valence-corrected chi connectivity index (χ2v) is 6.38. The third-order valence-electron chi connectivity index (χ3n) is 4.02. The minimum absolute atomic E-state index is 0.230. The molecule has 0 saturated carbocycles. The largest absolute Gasteiger partial charge is 0.378 e. The number of aromatic nitrogens is 1. The third-order valence-corrected chi connectivity index (χ3v) is 4.02. The fraction of sp³-hybridized carbons (Fsp3) is 0.136. The van der Waals surface area contributed by atoms with E-state index < -0.39 is 0 Å². The summed E-state index contributed by atoms with van der Waals surface area (Å²) >= 11 is 0. The lowest BCUT2D eigenvalue weighted by Gasteiger charge is -2.15. The summed E-state index contributed by atoms with van der Waals surface area (Å²) in [7, 11) is 3.88. The highest BCUT2D eigenvalue weighted by atomic mass is 16.1. The van der Waals surface area contributed by atoms with Crippen LogP contribution in [-0.4, -0.2) is 30.9 Å². The first-order chi connectivity index (χ1) is 13.6. The van der Waals surface area contributed by atoms with E-state index in [-0.39, 0.29) is 5.91 Å². The predicted octanol–water partition coefficient (Wildman–Crippen LogP) is 3.55. The van der Waals surface area contributed by atoms with Crippen LogP contribution in [0.1, 0.15) is 16.1 Å². The molecule has 0 fully saturated rings. The van der Waals surface area contributed by atoms with Gasteiger partial charge >= 0.3 is 0 Å². The van der Waals surface area contributed by atoms with Crippen LogP contribution in [0.4, 0.5) is 11.4 Å². The summed E-state index contributed by atoms with van der Waals surface area (Å²) in [6, 6.07) is 22.7. The van der Waals surface area contributed by atoms with Crippen LogP contribution in [0.25, 0.3) is 0 Å². The molecule has 3 aromatic rings. The highest BCUT2D eigenvalue weighted by molar-refractivity contribution is 6.10. The van der Waals surface area contributed by atoms with E-state index in [4.69, 9.17) is 0 Å². The number of anilines is 2. The number of hydrogen-bond donors (Lipinski definition) is 2. The van der Waals surface area contributed by atoms with Crippen LogP contribution in [0.5, 0.6) is 0 Å². The summed E-state index contributed by atoms with van der Waals surface area (Å²) in [4.78, 5) is 23.5. The van der Waals surface area contributed by atoms with E-state index in [0.717, 1.165) is 17.1 Å². The van der Waals surface area contributed by atoms with E-state index >= 15 is 0 Å². The molecule has 0 spiro atoms. The van der Waals surface area contributed by atoms with Gasteiger partial charge in [-0.05, 0) is 42.5 Å². The molecule has 0 unspecified atom stereocenters. The molecule has 1 heterocycles. The van der Waals surface area contributed by atoms with Crippen molar-refractivity contribution in [3.05, 3.63) is 90.3 Å². The average Bonchev–Trinajstić information content (AvgIpc) is 2.73. The Kier molecular flexibility index (Phi) is 6.36. The zero-order valence-electron chi connectivity index (χ0n) is 16.0. The molecule has 3 rings (SSSR count). The number of benzene rings is 2. The lowest BCUT2D eigenvalue weighted by atomic mass is 10.2. The van der Waals surface area contributed by atoms with E-state index in [2.05, 4.69) is 20.6 Å². The van der Waals surface area contributed by atoms with E-state index in [1.807, 2.05) is 85.7 Å². The molecule has 0 aliphatic heterocycles. The second-order valence-electron chi connectivity index (χ2n) is 6.38. The smallest absolute Gasteiger partial charge is 0.258 e. The van der Waals surface area contributed by atoms with Crippen molar-refractivity contribution in [3.8, 4) is 0 Å². The van der Waals surface area contributed by atoms with E-state index in [0.29, 0.717) is 18.1 Å². The van der Waals surface area contributed by atoms with Crippen molar-refractivity contribution in [3.63, 3.8) is 0 Å². The first kappa shape index (κ1) is 19.1. The normalized spacial score (nSPS) is 11.0. The number of para-hydroxylation sites is 1. The molecular formula is C22H23N5O. The first-order valence-electron chi connectivity index (χ1n) is 8.97. The van der Waals surface area contributed by atoms with E-state index in [9.17, 15) is 4.79 Å². The maximum Gasteiger partial charge on any atom is 0.258 e. The van der Waals surface area contributed by atoms with Crippen molar-refractivity contribution in [1.29, 1.82) is 0 Å². The zero-order valence-corrected chi connectivity index (χ0v) is 16.0. The van der Waals surface area contributed by atoms with Crippen LogP contribution >= 0.6 is 0 Å². The highest BCUT2D eigenvalue weighted by Crippen LogP contribution is 2.13. The number of aliphatic imine (C=N–C) groups is 1. The fourth-order valence-electron chi connectivity index (χ4n) is 2.53. The number of hydrogen-bond acceptors (Lipinski definition) is 4. The first-order valence-corrected chi connectivity index (χ1v) is 8.97. The van der Waals surface area contributed by atoms with Gasteiger partial charge < -0.3 is 10.2 Å². The predicted molar refractivity (Wildman–Crippen MR) is 114 cm³/mol. The molecule has 0 aliphatic rings. The Morgan fingerprint density at radius 2 is 1.79 bits per heavy atom. The minimum Gasteiger partial charge on any atom is -0.378 e. The molecular weight excluding hydrogens is 350 g/mol. The number of pyridine rings is 1. The van der Waals surface area contributed by atoms with Gasteiger partial charge in [0.25, 0.3) is 5.91 Å².